The topological polar surface area (TPSA) is 288 Å². The first-order valence-electron chi connectivity index (χ1n) is 9.81. The molecule has 2 heterocycles. The van der Waals surface area contributed by atoms with E-state index in [0.717, 1.165) is 0 Å². The van der Waals surface area contributed by atoms with E-state index in [0.29, 0.717) is 0 Å². The summed E-state index contributed by atoms with van der Waals surface area (Å²) in [5, 5.41) is 111. The summed E-state index contributed by atoms with van der Waals surface area (Å²) in [6, 6.07) is 0. The molecule has 0 aromatic carbocycles. The van der Waals surface area contributed by atoms with Crippen molar-refractivity contribution in [1.82, 2.24) is 0 Å². The Morgan fingerprint density at radius 3 is 1.82 bits per heavy atom. The summed E-state index contributed by atoms with van der Waals surface area (Å²) in [4.78, 5) is 9.76. The second kappa shape index (κ2) is 13.8. The molecule has 2 saturated heterocycles. The summed E-state index contributed by atoms with van der Waals surface area (Å²) in [5.74, 6) is 0. The van der Waals surface area contributed by atoms with Gasteiger partial charge in [0.2, 0.25) is 0 Å². The van der Waals surface area contributed by atoms with Gasteiger partial charge in [-0.15, -0.1) is 0 Å². The van der Waals surface area contributed by atoms with Gasteiger partial charge in [-0.05, 0) is 0 Å². The van der Waals surface area contributed by atoms with Crippen LogP contribution in [0, 0.1) is 0 Å². The zero-order valence-corrected chi connectivity index (χ0v) is 17.2. The highest BCUT2D eigenvalue weighted by Crippen LogP contribution is 2.28. The smallest absolute Gasteiger partial charge is 0.187 e. The van der Waals surface area contributed by atoms with Crippen LogP contribution < -0.4 is 0 Å². The summed E-state index contributed by atoms with van der Waals surface area (Å²) in [5.41, 5.74) is 0. The fourth-order valence-corrected chi connectivity index (χ4v) is 2.99. The van der Waals surface area contributed by atoms with Gasteiger partial charge in [-0.3, -0.25) is 0 Å². The molecular formula is C17H32O16. The molecule has 0 spiro atoms. The van der Waals surface area contributed by atoms with Crippen LogP contribution in [0.15, 0.2) is 0 Å². The van der Waals surface area contributed by atoms with Crippen LogP contribution in [-0.4, -0.2) is 167 Å². The van der Waals surface area contributed by atoms with Crippen LogP contribution in [-0.2, 0) is 19.0 Å². The third-order valence-electron chi connectivity index (χ3n) is 5.05. The van der Waals surface area contributed by atoms with E-state index in [2.05, 4.69) is 0 Å². The predicted octanol–water partition coefficient (Wildman–Crippen LogP) is -8.14. The lowest BCUT2D eigenvalue weighted by atomic mass is 9.97. The summed E-state index contributed by atoms with van der Waals surface area (Å²) in [6.45, 7) is -2.03. The predicted molar refractivity (Wildman–Crippen MR) is 99.8 cm³/mol. The SMILES string of the molecule is O=C[C@H](O)[C@H](O)[C@H](O)CO.OC[C@H]1O[C@H](O[C@H]2[C@H](O)[C@@H](O)[C@H](O)O[C@@H]2CO)[C@H](O)[C@@H](O)[C@@H]1O. The summed E-state index contributed by atoms with van der Waals surface area (Å²) >= 11 is 0. The summed E-state index contributed by atoms with van der Waals surface area (Å²) < 4.78 is 15.3. The molecule has 2 aliphatic rings. The number of hydrogen-bond acceptors (Lipinski definition) is 16. The third kappa shape index (κ3) is 7.52. The molecule has 16 nitrogen and oxygen atoms in total. The molecular weight excluding hydrogens is 460 g/mol. The number of rotatable bonds is 8. The first kappa shape index (κ1) is 30.1. The van der Waals surface area contributed by atoms with Crippen molar-refractivity contribution in [2.45, 2.75) is 79.7 Å². The van der Waals surface area contributed by atoms with Gasteiger partial charge in [0.05, 0.1) is 19.8 Å². The van der Waals surface area contributed by atoms with Crippen LogP contribution in [0.2, 0.25) is 0 Å². The monoisotopic (exact) mass is 492 g/mol. The van der Waals surface area contributed by atoms with Gasteiger partial charge in [0.25, 0.3) is 0 Å². The van der Waals surface area contributed by atoms with Gasteiger partial charge in [-0.25, -0.2) is 0 Å². The average molecular weight is 492 g/mol. The van der Waals surface area contributed by atoms with E-state index < -0.39 is 99.5 Å². The number of hydrogen-bond donors (Lipinski definition) is 12. The molecule has 196 valence electrons. The fraction of sp³-hybridized carbons (Fsp3) is 0.941. The van der Waals surface area contributed by atoms with Crippen LogP contribution in [0.5, 0.6) is 0 Å². The quantitative estimate of drug-likeness (QED) is 0.140. The zero-order valence-electron chi connectivity index (χ0n) is 17.2. The maximum Gasteiger partial charge on any atom is 0.187 e. The Morgan fingerprint density at radius 2 is 1.33 bits per heavy atom. The second-order valence-electron chi connectivity index (χ2n) is 7.39. The maximum atomic E-state index is 9.94. The van der Waals surface area contributed by atoms with E-state index >= 15 is 0 Å². The molecule has 0 amide bonds. The molecule has 0 bridgehead atoms. The molecule has 16 heteroatoms. The Labute approximate surface area is 187 Å². The van der Waals surface area contributed by atoms with Crippen molar-refractivity contribution in [3.05, 3.63) is 0 Å². The fourth-order valence-electron chi connectivity index (χ4n) is 2.99. The second-order valence-corrected chi connectivity index (χ2v) is 7.39. The molecule has 0 aliphatic carbocycles. The third-order valence-corrected chi connectivity index (χ3v) is 5.05. The highest BCUT2D eigenvalue weighted by molar-refractivity contribution is 5.56. The molecule has 0 unspecified atom stereocenters. The number of ether oxygens (including phenoxy) is 3. The standard InChI is InChI=1S/C12H22O11.C5H10O5/c13-1-3-5(15)6(16)9(19)12(22-3)23-10-4(2-14)21-11(20)8(18)7(10)17;6-1-3(8)5(10)4(9)2-7/h3-20H,1-2H2;1,3-5,7-10H,2H2/t3-,4-,5-,6+,7-,8-,9-,10-,11-,12-;3-,4+,5-/m10/s1. The van der Waals surface area contributed by atoms with Crippen LogP contribution in [0.1, 0.15) is 0 Å². The first-order chi connectivity index (χ1) is 15.4. The molecule has 0 aromatic rings. The molecule has 2 fully saturated rings. The summed E-state index contributed by atoms with van der Waals surface area (Å²) in [6.07, 6.45) is -20.2. The largest absolute Gasteiger partial charge is 0.394 e. The van der Waals surface area contributed by atoms with E-state index in [4.69, 9.17) is 39.7 Å². The minimum Gasteiger partial charge on any atom is -0.394 e. The van der Waals surface area contributed by atoms with E-state index in [9.17, 15) is 40.5 Å². The first-order valence-corrected chi connectivity index (χ1v) is 9.81. The normalized spacial score (nSPS) is 41.9. The zero-order chi connectivity index (χ0) is 25.5. The van der Waals surface area contributed by atoms with Crippen molar-refractivity contribution in [3.63, 3.8) is 0 Å². The number of aliphatic hydroxyl groups excluding tert-OH is 12. The van der Waals surface area contributed by atoms with Gasteiger partial charge in [0, 0.05) is 0 Å². The molecule has 12 N–H and O–H groups in total. The van der Waals surface area contributed by atoms with Gasteiger partial charge in [-0.2, -0.15) is 0 Å². The van der Waals surface area contributed by atoms with E-state index in [1.54, 1.807) is 0 Å². The van der Waals surface area contributed by atoms with Crippen molar-refractivity contribution in [1.29, 1.82) is 0 Å². The number of aldehydes is 1. The Kier molecular flexibility index (Phi) is 12.6. The van der Waals surface area contributed by atoms with Crippen molar-refractivity contribution in [3.8, 4) is 0 Å². The number of aliphatic hydroxyl groups is 12. The van der Waals surface area contributed by atoms with Crippen molar-refractivity contribution < 1.29 is 80.3 Å². The molecule has 0 saturated carbocycles. The van der Waals surface area contributed by atoms with Gasteiger partial charge in [0.1, 0.15) is 67.1 Å². The Hall–Kier alpha value is -0.930. The van der Waals surface area contributed by atoms with Gasteiger partial charge < -0.3 is 80.3 Å². The Balaban J connectivity index is 0.000000461. The van der Waals surface area contributed by atoms with Crippen LogP contribution in [0.25, 0.3) is 0 Å². The van der Waals surface area contributed by atoms with Crippen LogP contribution in [0.4, 0.5) is 0 Å². The van der Waals surface area contributed by atoms with E-state index in [1.165, 1.54) is 0 Å². The van der Waals surface area contributed by atoms with E-state index in [1.807, 2.05) is 0 Å². The highest BCUT2D eigenvalue weighted by atomic mass is 16.7. The lowest BCUT2D eigenvalue weighted by molar-refractivity contribution is -0.355. The molecule has 33 heavy (non-hydrogen) atoms. The molecule has 0 aromatic heterocycles. The minimum absolute atomic E-state index is 0.0869. The lowest BCUT2D eigenvalue weighted by Gasteiger charge is -2.45. The average Bonchev–Trinajstić information content (AvgIpc) is 2.82. The van der Waals surface area contributed by atoms with E-state index in [-0.39, 0.29) is 6.29 Å². The lowest BCUT2D eigenvalue weighted by Crippen LogP contribution is -2.64. The van der Waals surface area contributed by atoms with Crippen molar-refractivity contribution >= 4 is 6.29 Å². The van der Waals surface area contributed by atoms with Crippen molar-refractivity contribution in [2.24, 2.45) is 0 Å². The summed E-state index contributed by atoms with van der Waals surface area (Å²) in [7, 11) is 0. The van der Waals surface area contributed by atoms with Gasteiger partial charge >= 0.3 is 0 Å². The number of carbonyl (C=O) groups excluding carboxylic acids is 1. The highest BCUT2D eigenvalue weighted by Gasteiger charge is 2.50. The maximum absolute atomic E-state index is 9.94. The minimum atomic E-state index is -1.74. The Bertz CT molecular complexity index is 563. The van der Waals surface area contributed by atoms with Crippen molar-refractivity contribution in [2.75, 3.05) is 19.8 Å². The molecule has 0 radical (unpaired) electrons. The van der Waals surface area contributed by atoms with Gasteiger partial charge in [-0.1, -0.05) is 0 Å². The molecule has 2 rings (SSSR count). The molecule has 2 aliphatic heterocycles. The van der Waals surface area contributed by atoms with Gasteiger partial charge in [0.15, 0.2) is 18.9 Å². The Morgan fingerprint density at radius 1 is 0.758 bits per heavy atom. The van der Waals surface area contributed by atoms with Crippen LogP contribution >= 0.6 is 0 Å². The molecule has 13 atom stereocenters. The van der Waals surface area contributed by atoms with Crippen LogP contribution in [0.3, 0.4) is 0 Å². The number of carbonyl (C=O) groups is 1.